The molecule has 0 radical (unpaired) electrons. The fourth-order valence-electron chi connectivity index (χ4n) is 2.97. The minimum atomic E-state index is -3.54. The van der Waals surface area contributed by atoms with Crippen LogP contribution in [0.2, 0.25) is 0 Å². The highest BCUT2D eigenvalue weighted by Gasteiger charge is 2.30. The molecule has 9 heteroatoms. The van der Waals surface area contributed by atoms with E-state index in [1.807, 2.05) is 13.8 Å². The fraction of sp³-hybridized carbons (Fsp3) is 0.562. The summed E-state index contributed by atoms with van der Waals surface area (Å²) in [7, 11) is -3.54. The minimum absolute atomic E-state index is 0.0572. The van der Waals surface area contributed by atoms with Gasteiger partial charge in [-0.2, -0.15) is 4.31 Å². The highest BCUT2D eigenvalue weighted by atomic mass is 32.2. The van der Waals surface area contributed by atoms with Gasteiger partial charge in [-0.05, 0) is 24.7 Å². The van der Waals surface area contributed by atoms with Gasteiger partial charge in [-0.3, -0.25) is 9.36 Å². The first-order valence-corrected chi connectivity index (χ1v) is 9.78. The van der Waals surface area contributed by atoms with Crippen LogP contribution in [0.3, 0.4) is 0 Å². The van der Waals surface area contributed by atoms with Crippen LogP contribution in [0.15, 0.2) is 39.1 Å². The summed E-state index contributed by atoms with van der Waals surface area (Å²) in [6.45, 7) is 5.40. The van der Waals surface area contributed by atoms with Gasteiger partial charge in [-0.25, -0.2) is 13.4 Å². The summed E-state index contributed by atoms with van der Waals surface area (Å²) in [5.74, 6) is 0.464. The summed E-state index contributed by atoms with van der Waals surface area (Å²) in [6.07, 6.45) is 5.34. The van der Waals surface area contributed by atoms with Crippen molar-refractivity contribution in [2.24, 2.45) is 5.92 Å². The van der Waals surface area contributed by atoms with Crippen LogP contribution in [0.1, 0.15) is 38.3 Å². The first-order valence-electron chi connectivity index (χ1n) is 8.34. The summed E-state index contributed by atoms with van der Waals surface area (Å²) < 4.78 is 32.5. The second-order valence-corrected chi connectivity index (χ2v) is 8.60. The molecule has 2 aromatic rings. The number of piperidine rings is 1. The predicted octanol–water partition coefficient (Wildman–Crippen LogP) is 1.46. The van der Waals surface area contributed by atoms with Crippen molar-refractivity contribution in [3.05, 3.63) is 40.9 Å². The summed E-state index contributed by atoms with van der Waals surface area (Å²) in [5, 5.41) is 3.46. The highest BCUT2D eigenvalue weighted by molar-refractivity contribution is 7.89. The maximum Gasteiger partial charge on any atom is 0.253 e. The molecule has 1 aliphatic heterocycles. The third kappa shape index (κ3) is 3.82. The van der Waals surface area contributed by atoms with Gasteiger partial charge in [-0.15, -0.1) is 0 Å². The number of aromatic nitrogens is 3. The minimum Gasteiger partial charge on any atom is -0.363 e. The predicted molar refractivity (Wildman–Crippen MR) is 90.6 cm³/mol. The lowest BCUT2D eigenvalue weighted by Crippen LogP contribution is -2.39. The van der Waals surface area contributed by atoms with Gasteiger partial charge in [0.15, 0.2) is 0 Å². The molecule has 0 aliphatic carbocycles. The lowest BCUT2D eigenvalue weighted by atomic mass is 9.98. The van der Waals surface area contributed by atoms with Gasteiger partial charge in [0, 0.05) is 25.7 Å². The number of hydrogen-bond donors (Lipinski definition) is 0. The van der Waals surface area contributed by atoms with Crippen LogP contribution in [0.4, 0.5) is 0 Å². The van der Waals surface area contributed by atoms with Gasteiger partial charge in [0.25, 0.3) is 5.56 Å². The smallest absolute Gasteiger partial charge is 0.253 e. The lowest BCUT2D eigenvalue weighted by Gasteiger charge is -2.30. The lowest BCUT2D eigenvalue weighted by molar-refractivity contribution is 0.250. The molecule has 0 amide bonds. The van der Waals surface area contributed by atoms with Gasteiger partial charge < -0.3 is 4.52 Å². The monoisotopic (exact) mass is 366 g/mol. The van der Waals surface area contributed by atoms with E-state index < -0.39 is 10.0 Å². The Morgan fingerprint density at radius 1 is 1.32 bits per heavy atom. The molecule has 25 heavy (non-hydrogen) atoms. The third-order valence-electron chi connectivity index (χ3n) is 4.57. The molecule has 1 aliphatic rings. The summed E-state index contributed by atoms with van der Waals surface area (Å²) in [4.78, 5) is 16.6. The Morgan fingerprint density at radius 2 is 2.04 bits per heavy atom. The molecule has 0 saturated carbocycles. The van der Waals surface area contributed by atoms with E-state index in [2.05, 4.69) is 14.7 Å². The molecule has 3 heterocycles. The number of nitrogens with zero attached hydrogens (tertiary/aromatic N) is 4. The van der Waals surface area contributed by atoms with E-state index in [-0.39, 0.29) is 22.3 Å². The Bertz CT molecular complexity index is 866. The molecule has 0 spiro atoms. The molecule has 3 rings (SSSR count). The average molecular weight is 366 g/mol. The van der Waals surface area contributed by atoms with Gasteiger partial charge in [0.2, 0.25) is 10.0 Å². The highest BCUT2D eigenvalue weighted by Crippen LogP contribution is 2.24. The van der Waals surface area contributed by atoms with Crippen LogP contribution in [-0.2, 0) is 16.6 Å². The molecule has 8 nitrogen and oxygen atoms in total. The molecule has 0 unspecified atom stereocenters. The maximum atomic E-state index is 12.4. The van der Waals surface area contributed by atoms with E-state index >= 15 is 0 Å². The topological polar surface area (TPSA) is 98.3 Å². The van der Waals surface area contributed by atoms with Crippen molar-refractivity contribution in [1.29, 1.82) is 0 Å². The van der Waals surface area contributed by atoms with Crippen LogP contribution >= 0.6 is 0 Å². The zero-order valence-electron chi connectivity index (χ0n) is 14.3. The van der Waals surface area contributed by atoms with Crippen LogP contribution in [0.25, 0.3) is 0 Å². The second-order valence-electron chi connectivity index (χ2n) is 6.67. The van der Waals surface area contributed by atoms with Crippen molar-refractivity contribution in [2.75, 3.05) is 13.1 Å². The standard InChI is InChI=1S/C16H22N4O4S/c1-12(2)15-7-16(21)19(11-17-15)9-13-3-5-20(6-4-13)25(22,23)14-8-18-24-10-14/h7-8,10-13H,3-6,9H2,1-2H3. The molecular weight excluding hydrogens is 344 g/mol. The summed E-state index contributed by atoms with van der Waals surface area (Å²) in [6, 6.07) is 1.58. The normalized spacial score (nSPS) is 17.2. The van der Waals surface area contributed by atoms with E-state index in [0.717, 1.165) is 12.0 Å². The Morgan fingerprint density at radius 3 is 2.60 bits per heavy atom. The number of hydrogen-bond acceptors (Lipinski definition) is 6. The average Bonchev–Trinajstić information content (AvgIpc) is 3.12. The maximum absolute atomic E-state index is 12.4. The van der Waals surface area contributed by atoms with Crippen molar-refractivity contribution in [1.82, 2.24) is 19.0 Å². The number of rotatable bonds is 5. The van der Waals surface area contributed by atoms with Gasteiger partial charge in [0.1, 0.15) is 11.2 Å². The molecule has 0 aromatic carbocycles. The fourth-order valence-corrected chi connectivity index (χ4v) is 4.31. The van der Waals surface area contributed by atoms with E-state index in [1.54, 1.807) is 17.0 Å². The van der Waals surface area contributed by atoms with Crippen molar-refractivity contribution < 1.29 is 12.9 Å². The molecule has 0 bridgehead atoms. The largest absolute Gasteiger partial charge is 0.363 e. The zero-order valence-corrected chi connectivity index (χ0v) is 15.1. The van der Waals surface area contributed by atoms with E-state index in [0.29, 0.717) is 32.5 Å². The molecule has 1 fully saturated rings. The van der Waals surface area contributed by atoms with Crippen LogP contribution in [-0.4, -0.2) is 40.5 Å². The van der Waals surface area contributed by atoms with Gasteiger partial charge in [-0.1, -0.05) is 19.0 Å². The van der Waals surface area contributed by atoms with Crippen LogP contribution < -0.4 is 5.56 Å². The molecule has 0 N–H and O–H groups in total. The van der Waals surface area contributed by atoms with Crippen molar-refractivity contribution in [3.63, 3.8) is 0 Å². The van der Waals surface area contributed by atoms with Crippen LogP contribution in [0.5, 0.6) is 0 Å². The Hall–Kier alpha value is -2.00. The van der Waals surface area contributed by atoms with Crippen LogP contribution in [0, 0.1) is 5.92 Å². The molecule has 0 atom stereocenters. The Labute approximate surface area is 146 Å². The molecule has 136 valence electrons. The molecule has 1 saturated heterocycles. The molecule has 2 aromatic heterocycles. The summed E-state index contributed by atoms with van der Waals surface area (Å²) >= 11 is 0. The Balaban J connectivity index is 1.63. The molecular formula is C16H22N4O4S. The Kier molecular flexibility index (Phi) is 5.05. The van der Waals surface area contributed by atoms with E-state index in [9.17, 15) is 13.2 Å². The summed E-state index contributed by atoms with van der Waals surface area (Å²) in [5.41, 5.74) is 0.731. The van der Waals surface area contributed by atoms with Gasteiger partial charge >= 0.3 is 0 Å². The SMILES string of the molecule is CC(C)c1cc(=O)n(CC2CCN(S(=O)(=O)c3cnoc3)CC2)cn1. The van der Waals surface area contributed by atoms with Crippen molar-refractivity contribution >= 4 is 10.0 Å². The first kappa shape index (κ1) is 17.8. The third-order valence-corrected chi connectivity index (χ3v) is 6.41. The quantitative estimate of drug-likeness (QED) is 0.794. The first-order chi connectivity index (χ1) is 11.9. The number of sulfonamides is 1. The van der Waals surface area contributed by atoms with Crippen molar-refractivity contribution in [3.8, 4) is 0 Å². The second kappa shape index (κ2) is 7.09. The van der Waals surface area contributed by atoms with E-state index in [1.165, 1.54) is 10.5 Å². The zero-order chi connectivity index (χ0) is 18.0. The van der Waals surface area contributed by atoms with Crippen molar-refractivity contribution in [2.45, 2.75) is 44.0 Å². The van der Waals surface area contributed by atoms with Gasteiger partial charge in [0.05, 0.1) is 18.2 Å². The van der Waals surface area contributed by atoms with E-state index in [4.69, 9.17) is 0 Å².